The largest absolute Gasteiger partial charge is 0.455 e. The van der Waals surface area contributed by atoms with E-state index in [0.29, 0.717) is 10.0 Å². The number of anilines is 2. The fourth-order valence-electron chi connectivity index (χ4n) is 4.52. The summed E-state index contributed by atoms with van der Waals surface area (Å²) in [6.07, 6.45) is 8.09. The molecule has 4 aromatic carbocycles. The van der Waals surface area contributed by atoms with Crippen molar-refractivity contribution >= 4 is 62.1 Å². The van der Waals surface area contributed by atoms with Crippen molar-refractivity contribution in [1.29, 1.82) is 0 Å². The van der Waals surface area contributed by atoms with Crippen LogP contribution in [0.2, 0.25) is 10.0 Å². The third kappa shape index (κ3) is 3.52. The Balaban J connectivity index is 1.50. The van der Waals surface area contributed by atoms with Crippen molar-refractivity contribution in [2.75, 3.05) is 4.90 Å². The summed E-state index contributed by atoms with van der Waals surface area (Å²) in [6.45, 7) is 4.34. The van der Waals surface area contributed by atoms with E-state index in [1.165, 1.54) is 0 Å². The van der Waals surface area contributed by atoms with Gasteiger partial charge in [0.1, 0.15) is 11.2 Å². The number of nitrogens with zero attached hydrogens (tertiary/aromatic N) is 1. The quantitative estimate of drug-likeness (QED) is 0.250. The van der Waals surface area contributed by atoms with Crippen molar-refractivity contribution in [2.45, 2.75) is 0 Å². The smallest absolute Gasteiger partial charge is 0.145 e. The lowest BCUT2D eigenvalue weighted by Gasteiger charge is -2.25. The van der Waals surface area contributed by atoms with Crippen LogP contribution in [-0.2, 0) is 0 Å². The second kappa shape index (κ2) is 8.25. The van der Waals surface area contributed by atoms with Gasteiger partial charge in [-0.3, -0.25) is 0 Å². The van der Waals surface area contributed by atoms with Crippen molar-refractivity contribution in [3.63, 3.8) is 0 Å². The molecule has 1 aromatic heterocycles. The lowest BCUT2D eigenvalue weighted by molar-refractivity contribution is 0.668. The molecule has 0 aliphatic carbocycles. The van der Waals surface area contributed by atoms with E-state index in [4.69, 9.17) is 27.6 Å². The SMILES string of the molecule is C=C1/C=C\C=C/N(c2ccc(-c3cc(Cl)cc(Cl)c3)cc2)c2ccc3c(oc4ccccc43)c21. The summed E-state index contributed by atoms with van der Waals surface area (Å²) in [7, 11) is 0. The third-order valence-corrected chi connectivity index (χ3v) is 6.53. The predicted molar refractivity (Wildman–Crippen MR) is 145 cm³/mol. The number of hydrogen-bond donors (Lipinski definition) is 0. The van der Waals surface area contributed by atoms with Gasteiger partial charge in [-0.05, 0) is 71.3 Å². The zero-order valence-corrected chi connectivity index (χ0v) is 19.6. The molecule has 0 N–H and O–H groups in total. The first-order valence-electron chi connectivity index (χ1n) is 10.9. The lowest BCUT2D eigenvalue weighted by Crippen LogP contribution is -2.11. The van der Waals surface area contributed by atoms with Gasteiger partial charge in [-0.1, -0.05) is 72.3 Å². The minimum Gasteiger partial charge on any atom is -0.455 e. The zero-order valence-electron chi connectivity index (χ0n) is 18.1. The Morgan fingerprint density at radius 1 is 0.735 bits per heavy atom. The number of fused-ring (bicyclic) bond motifs is 5. The van der Waals surface area contributed by atoms with E-state index in [0.717, 1.165) is 55.6 Å². The molecule has 1 aliphatic rings. The van der Waals surface area contributed by atoms with Crippen molar-refractivity contribution < 1.29 is 4.42 Å². The van der Waals surface area contributed by atoms with Crippen LogP contribution in [0.25, 0.3) is 38.6 Å². The van der Waals surface area contributed by atoms with E-state index >= 15 is 0 Å². The van der Waals surface area contributed by atoms with Crippen LogP contribution in [0.5, 0.6) is 0 Å². The van der Waals surface area contributed by atoms with Gasteiger partial charge in [0.25, 0.3) is 0 Å². The molecule has 2 heterocycles. The first kappa shape index (κ1) is 20.9. The number of para-hydroxylation sites is 1. The van der Waals surface area contributed by atoms with Crippen LogP contribution in [-0.4, -0.2) is 0 Å². The van der Waals surface area contributed by atoms with E-state index in [1.54, 1.807) is 6.07 Å². The maximum absolute atomic E-state index is 6.33. The maximum Gasteiger partial charge on any atom is 0.145 e. The van der Waals surface area contributed by atoms with Crippen LogP contribution in [0.15, 0.2) is 114 Å². The Bertz CT molecular complexity index is 1620. The second-order valence-electron chi connectivity index (χ2n) is 8.24. The summed E-state index contributed by atoms with van der Waals surface area (Å²) in [6, 6.07) is 26.3. The van der Waals surface area contributed by atoms with Crippen molar-refractivity contribution in [2.24, 2.45) is 0 Å². The number of furan rings is 1. The fourth-order valence-corrected chi connectivity index (χ4v) is 5.05. The van der Waals surface area contributed by atoms with Crippen LogP contribution < -0.4 is 4.90 Å². The van der Waals surface area contributed by atoms with Gasteiger partial charge in [0.2, 0.25) is 0 Å². The highest BCUT2D eigenvalue weighted by atomic mass is 35.5. The molecule has 0 spiro atoms. The molecule has 164 valence electrons. The summed E-state index contributed by atoms with van der Waals surface area (Å²) >= 11 is 12.4. The van der Waals surface area contributed by atoms with Crippen molar-refractivity contribution in [1.82, 2.24) is 0 Å². The predicted octanol–water partition coefficient (Wildman–Crippen LogP) is 9.79. The van der Waals surface area contributed by atoms with Gasteiger partial charge in [0.15, 0.2) is 0 Å². The molecule has 1 aliphatic heterocycles. The average Bonchev–Trinajstić information content (AvgIpc) is 3.20. The normalized spacial score (nSPS) is 15.2. The minimum absolute atomic E-state index is 0.618. The molecule has 4 heteroatoms. The molecule has 0 amide bonds. The summed E-state index contributed by atoms with van der Waals surface area (Å²) < 4.78 is 6.33. The van der Waals surface area contributed by atoms with Crippen LogP contribution in [0.3, 0.4) is 0 Å². The van der Waals surface area contributed by atoms with Gasteiger partial charge in [-0.25, -0.2) is 0 Å². The summed E-state index contributed by atoms with van der Waals surface area (Å²) in [4.78, 5) is 2.16. The summed E-state index contributed by atoms with van der Waals surface area (Å²) in [5.41, 5.74) is 7.66. The topological polar surface area (TPSA) is 16.4 Å². The van der Waals surface area contributed by atoms with Crippen LogP contribution in [0.1, 0.15) is 5.56 Å². The monoisotopic (exact) mass is 479 g/mol. The van der Waals surface area contributed by atoms with E-state index in [1.807, 2.05) is 48.6 Å². The number of rotatable bonds is 2. The Hall–Kier alpha value is -3.72. The number of allylic oxidation sites excluding steroid dienone is 4. The first-order valence-corrected chi connectivity index (χ1v) is 11.7. The van der Waals surface area contributed by atoms with Crippen LogP contribution in [0.4, 0.5) is 11.4 Å². The highest BCUT2D eigenvalue weighted by molar-refractivity contribution is 6.35. The van der Waals surface area contributed by atoms with E-state index in [-0.39, 0.29) is 0 Å². The molecule has 0 saturated carbocycles. The Kier molecular flexibility index (Phi) is 5.06. The van der Waals surface area contributed by atoms with Gasteiger partial charge >= 0.3 is 0 Å². The molecular formula is C30H19Cl2NO. The van der Waals surface area contributed by atoms with Crippen molar-refractivity contribution in [3.05, 3.63) is 125 Å². The van der Waals surface area contributed by atoms with Crippen LogP contribution in [0, 0.1) is 0 Å². The van der Waals surface area contributed by atoms with Crippen LogP contribution >= 0.6 is 23.2 Å². The Morgan fingerprint density at radius 3 is 2.29 bits per heavy atom. The molecular weight excluding hydrogens is 461 g/mol. The standard InChI is InChI=1S/C30H19Cl2NO/c1-19-6-4-5-15-33(24-11-9-20(10-12-24)21-16-22(31)18-23(32)17-21)27-14-13-26-25-7-2-3-8-28(25)34-30(26)29(19)27/h2-18H,1H2/b6-4-,15-5-. The number of hydrogen-bond acceptors (Lipinski definition) is 2. The maximum atomic E-state index is 6.33. The third-order valence-electron chi connectivity index (χ3n) is 6.09. The van der Waals surface area contributed by atoms with Crippen molar-refractivity contribution in [3.8, 4) is 11.1 Å². The first-order chi connectivity index (χ1) is 16.6. The van der Waals surface area contributed by atoms with E-state index in [9.17, 15) is 0 Å². The number of halogens is 2. The Morgan fingerprint density at radius 2 is 1.50 bits per heavy atom. The molecule has 34 heavy (non-hydrogen) atoms. The molecule has 6 rings (SSSR count). The molecule has 0 saturated heterocycles. The number of benzene rings is 4. The minimum atomic E-state index is 0.618. The highest BCUT2D eigenvalue weighted by Crippen LogP contribution is 2.42. The molecule has 2 nitrogen and oxygen atoms in total. The molecule has 0 radical (unpaired) electrons. The molecule has 0 unspecified atom stereocenters. The van der Waals surface area contributed by atoms with Gasteiger partial charge in [0.05, 0.1) is 5.69 Å². The van der Waals surface area contributed by atoms with E-state index in [2.05, 4.69) is 60.1 Å². The molecule has 0 atom stereocenters. The molecule has 0 fully saturated rings. The lowest BCUT2D eigenvalue weighted by atomic mass is 9.98. The average molecular weight is 480 g/mol. The van der Waals surface area contributed by atoms with E-state index < -0.39 is 0 Å². The summed E-state index contributed by atoms with van der Waals surface area (Å²) in [5.74, 6) is 0. The Labute approximate surface area is 207 Å². The summed E-state index contributed by atoms with van der Waals surface area (Å²) in [5, 5.41) is 3.42. The van der Waals surface area contributed by atoms with Gasteiger partial charge in [-0.2, -0.15) is 0 Å². The second-order valence-corrected chi connectivity index (χ2v) is 9.11. The molecule has 0 bridgehead atoms. The highest BCUT2D eigenvalue weighted by Gasteiger charge is 2.20. The van der Waals surface area contributed by atoms with Gasteiger partial charge < -0.3 is 9.32 Å². The van der Waals surface area contributed by atoms with Gasteiger partial charge in [0, 0.05) is 38.3 Å². The molecule has 5 aromatic rings. The zero-order chi connectivity index (χ0) is 23.2. The fraction of sp³-hybridized carbons (Fsp3) is 0. The van der Waals surface area contributed by atoms with Gasteiger partial charge in [-0.15, -0.1) is 0 Å².